The lowest BCUT2D eigenvalue weighted by Gasteiger charge is -2.36. The fourth-order valence-corrected chi connectivity index (χ4v) is 4.40. The number of benzene rings is 1. The van der Waals surface area contributed by atoms with Gasteiger partial charge in [-0.2, -0.15) is 0 Å². The number of nitrogens with zero attached hydrogens (tertiary/aromatic N) is 3. The summed E-state index contributed by atoms with van der Waals surface area (Å²) in [5.41, 5.74) is 2.45. The quantitative estimate of drug-likeness (QED) is 0.788. The number of thiazole rings is 1. The first kappa shape index (κ1) is 18.9. The number of aromatic nitrogens is 1. The van der Waals surface area contributed by atoms with Gasteiger partial charge in [0, 0.05) is 24.0 Å². The van der Waals surface area contributed by atoms with Gasteiger partial charge in [0.05, 0.1) is 16.4 Å². The number of hydrogen-bond donors (Lipinski definition) is 0. The Kier molecular flexibility index (Phi) is 5.35. The molecule has 2 aliphatic rings. The molecule has 2 aliphatic heterocycles. The minimum atomic E-state index is -0.547. The highest BCUT2D eigenvalue weighted by molar-refractivity contribution is 7.09. The molecule has 6 nitrogen and oxygen atoms in total. The van der Waals surface area contributed by atoms with Gasteiger partial charge in [-0.25, -0.2) is 4.98 Å². The van der Waals surface area contributed by atoms with Crippen molar-refractivity contribution < 1.29 is 14.3 Å². The molecule has 28 heavy (non-hydrogen) atoms. The van der Waals surface area contributed by atoms with Crippen molar-refractivity contribution in [3.05, 3.63) is 28.6 Å². The lowest BCUT2D eigenvalue weighted by Crippen LogP contribution is -2.51. The molecule has 1 atom stereocenters. The van der Waals surface area contributed by atoms with Gasteiger partial charge in [-0.1, -0.05) is 6.92 Å². The molecule has 0 N–H and O–H groups in total. The monoisotopic (exact) mass is 399 g/mol. The fraction of sp³-hybridized carbons (Fsp3) is 0.476. The van der Waals surface area contributed by atoms with E-state index in [0.29, 0.717) is 17.9 Å². The second kappa shape index (κ2) is 7.91. The van der Waals surface area contributed by atoms with Crippen LogP contribution in [-0.4, -0.2) is 47.4 Å². The Balaban J connectivity index is 1.66. The van der Waals surface area contributed by atoms with Crippen LogP contribution in [0.15, 0.2) is 23.6 Å². The number of rotatable bonds is 4. The highest BCUT2D eigenvalue weighted by atomic mass is 32.1. The van der Waals surface area contributed by atoms with Crippen molar-refractivity contribution in [2.45, 2.75) is 45.6 Å². The number of hydrogen-bond acceptors (Lipinski definition) is 5. The molecular formula is C21H25N3O3S. The first-order valence-corrected chi connectivity index (χ1v) is 10.8. The summed E-state index contributed by atoms with van der Waals surface area (Å²) in [6.07, 6.45) is 3.25. The molecule has 0 saturated carbocycles. The van der Waals surface area contributed by atoms with Crippen LogP contribution in [0.3, 0.4) is 0 Å². The molecule has 1 unspecified atom stereocenters. The van der Waals surface area contributed by atoms with Gasteiger partial charge in [0.15, 0.2) is 6.10 Å². The number of likely N-dealkylation sites (tertiary alicyclic amines) is 1. The van der Waals surface area contributed by atoms with E-state index in [9.17, 15) is 9.59 Å². The van der Waals surface area contributed by atoms with Crippen LogP contribution in [-0.2, 0) is 9.59 Å². The van der Waals surface area contributed by atoms with Crippen LogP contribution < -0.4 is 9.64 Å². The molecule has 7 heteroatoms. The summed E-state index contributed by atoms with van der Waals surface area (Å²) in [7, 11) is 0. The van der Waals surface area contributed by atoms with E-state index in [-0.39, 0.29) is 18.4 Å². The third-order valence-corrected chi connectivity index (χ3v) is 6.12. The predicted molar refractivity (Wildman–Crippen MR) is 110 cm³/mol. The minimum Gasteiger partial charge on any atom is -0.478 e. The summed E-state index contributed by atoms with van der Waals surface area (Å²) >= 11 is 1.59. The van der Waals surface area contributed by atoms with Crippen molar-refractivity contribution >= 4 is 28.8 Å². The number of piperidine rings is 1. The Morgan fingerprint density at radius 1 is 1.29 bits per heavy atom. The molecule has 0 aliphatic carbocycles. The third kappa shape index (κ3) is 3.63. The third-order valence-electron chi connectivity index (χ3n) is 5.35. The van der Waals surface area contributed by atoms with Crippen molar-refractivity contribution in [1.29, 1.82) is 0 Å². The van der Waals surface area contributed by atoms with E-state index in [1.54, 1.807) is 16.2 Å². The van der Waals surface area contributed by atoms with Crippen molar-refractivity contribution in [3.63, 3.8) is 0 Å². The van der Waals surface area contributed by atoms with Gasteiger partial charge < -0.3 is 9.64 Å². The molecular weight excluding hydrogens is 374 g/mol. The van der Waals surface area contributed by atoms with E-state index in [0.717, 1.165) is 48.6 Å². The van der Waals surface area contributed by atoms with Gasteiger partial charge in [0.25, 0.3) is 5.91 Å². The van der Waals surface area contributed by atoms with Crippen LogP contribution in [0.2, 0.25) is 0 Å². The fourth-order valence-electron chi connectivity index (χ4n) is 3.78. The van der Waals surface area contributed by atoms with E-state index < -0.39 is 6.10 Å². The first-order chi connectivity index (χ1) is 13.6. The molecule has 2 aromatic rings. The molecule has 4 rings (SSSR count). The average molecular weight is 400 g/mol. The smallest absolute Gasteiger partial charge is 0.268 e. The number of carbonyl (C=O) groups is 2. The average Bonchev–Trinajstić information content (AvgIpc) is 3.16. The van der Waals surface area contributed by atoms with Crippen LogP contribution in [0.1, 0.15) is 37.6 Å². The largest absolute Gasteiger partial charge is 0.478 e. The van der Waals surface area contributed by atoms with Crippen molar-refractivity contribution in [3.8, 4) is 17.0 Å². The van der Waals surface area contributed by atoms with E-state index in [1.807, 2.05) is 42.3 Å². The lowest BCUT2D eigenvalue weighted by atomic mass is 10.1. The standard InChI is InChI=1S/C21H25N3O3S/c1-3-18-21(26)24(12-20(25)23-9-5-4-6-10-23)17-11-15(7-8-19(17)27-18)16-13-28-14(2)22-16/h7-8,11,13,18H,3-6,9-10,12H2,1-2H3. The van der Waals surface area contributed by atoms with Gasteiger partial charge in [-0.15, -0.1) is 11.3 Å². The molecule has 1 saturated heterocycles. The molecule has 1 fully saturated rings. The summed E-state index contributed by atoms with van der Waals surface area (Å²) in [5.74, 6) is 0.506. The number of amides is 2. The zero-order chi connectivity index (χ0) is 19.7. The maximum Gasteiger partial charge on any atom is 0.268 e. The topological polar surface area (TPSA) is 62.7 Å². The second-order valence-corrected chi connectivity index (χ2v) is 8.38. The van der Waals surface area contributed by atoms with E-state index in [4.69, 9.17) is 4.74 Å². The van der Waals surface area contributed by atoms with E-state index in [1.165, 1.54) is 0 Å². The van der Waals surface area contributed by atoms with Gasteiger partial charge in [0.1, 0.15) is 12.3 Å². The highest BCUT2D eigenvalue weighted by Crippen LogP contribution is 2.38. The predicted octanol–water partition coefficient (Wildman–Crippen LogP) is 3.64. The maximum atomic E-state index is 13.0. The van der Waals surface area contributed by atoms with Crippen molar-refractivity contribution in [2.75, 3.05) is 24.5 Å². The molecule has 0 spiro atoms. The molecule has 1 aromatic heterocycles. The second-order valence-electron chi connectivity index (χ2n) is 7.31. The van der Waals surface area contributed by atoms with Crippen LogP contribution >= 0.6 is 11.3 Å². The summed E-state index contributed by atoms with van der Waals surface area (Å²) in [6, 6.07) is 5.75. The van der Waals surface area contributed by atoms with Crippen LogP contribution in [0.5, 0.6) is 5.75 Å². The summed E-state index contributed by atoms with van der Waals surface area (Å²) in [6.45, 7) is 5.50. The zero-order valence-electron chi connectivity index (χ0n) is 16.3. The van der Waals surface area contributed by atoms with Gasteiger partial charge in [0.2, 0.25) is 5.91 Å². The number of aryl methyl sites for hydroxylation is 1. The van der Waals surface area contributed by atoms with Crippen LogP contribution in [0.4, 0.5) is 5.69 Å². The Labute approximate surface area is 169 Å². The Morgan fingerprint density at radius 3 is 2.75 bits per heavy atom. The number of ether oxygens (including phenoxy) is 1. The summed E-state index contributed by atoms with van der Waals surface area (Å²) < 4.78 is 5.91. The SMILES string of the molecule is CCC1Oc2ccc(-c3csc(C)n3)cc2N(CC(=O)N2CCCCC2)C1=O. The lowest BCUT2D eigenvalue weighted by molar-refractivity contribution is -0.134. The van der Waals surface area contributed by atoms with Gasteiger partial charge >= 0.3 is 0 Å². The molecule has 0 bridgehead atoms. The molecule has 148 valence electrons. The van der Waals surface area contributed by atoms with Crippen LogP contribution in [0.25, 0.3) is 11.3 Å². The molecule has 2 amide bonds. The normalized spacial score (nSPS) is 19.4. The van der Waals surface area contributed by atoms with Gasteiger partial charge in [-0.3, -0.25) is 14.5 Å². The van der Waals surface area contributed by atoms with Crippen molar-refractivity contribution in [1.82, 2.24) is 9.88 Å². The van der Waals surface area contributed by atoms with Crippen LogP contribution in [0, 0.1) is 6.92 Å². The summed E-state index contributed by atoms with van der Waals surface area (Å²) in [5, 5.41) is 2.99. The van der Waals surface area contributed by atoms with Crippen molar-refractivity contribution in [2.24, 2.45) is 0 Å². The Hall–Kier alpha value is -2.41. The Bertz CT molecular complexity index is 889. The summed E-state index contributed by atoms with van der Waals surface area (Å²) in [4.78, 5) is 33.9. The molecule has 1 aromatic carbocycles. The highest BCUT2D eigenvalue weighted by Gasteiger charge is 2.35. The molecule has 0 radical (unpaired) electrons. The minimum absolute atomic E-state index is 0.00524. The Morgan fingerprint density at radius 2 is 2.07 bits per heavy atom. The maximum absolute atomic E-state index is 13.0. The number of anilines is 1. The first-order valence-electron chi connectivity index (χ1n) is 9.89. The molecule has 3 heterocycles. The number of carbonyl (C=O) groups excluding carboxylic acids is 2. The number of fused-ring (bicyclic) bond motifs is 1. The zero-order valence-corrected chi connectivity index (χ0v) is 17.1. The van der Waals surface area contributed by atoms with E-state index >= 15 is 0 Å². The van der Waals surface area contributed by atoms with Gasteiger partial charge in [-0.05, 0) is 50.8 Å². The van der Waals surface area contributed by atoms with E-state index in [2.05, 4.69) is 4.98 Å².